The van der Waals surface area contributed by atoms with Crippen molar-refractivity contribution in [1.82, 2.24) is 0 Å². The third-order valence-corrected chi connectivity index (χ3v) is 8.74. The fourth-order valence-corrected chi connectivity index (χ4v) is 6.37. The first-order chi connectivity index (χ1) is 16.2. The van der Waals surface area contributed by atoms with E-state index in [2.05, 4.69) is 48.6 Å². The molecule has 1 heterocycles. The fourth-order valence-electron chi connectivity index (χ4n) is 5.04. The van der Waals surface area contributed by atoms with Gasteiger partial charge in [-0.25, -0.2) is 0 Å². The molecule has 0 saturated carbocycles. The maximum Gasteiger partial charge on any atom is 0.131 e. The number of rotatable bonds is 3. The number of ether oxygens (including phenoxy) is 1. The van der Waals surface area contributed by atoms with Crippen molar-refractivity contribution < 1.29 is 9.84 Å². The molecule has 0 aliphatic heterocycles. The van der Waals surface area contributed by atoms with Gasteiger partial charge in [-0.15, -0.1) is 11.3 Å². The van der Waals surface area contributed by atoms with Crippen LogP contribution in [0.4, 0.5) is 0 Å². The van der Waals surface area contributed by atoms with Gasteiger partial charge in [-0.2, -0.15) is 0 Å². The quantitative estimate of drug-likeness (QED) is 0.291. The maximum absolute atomic E-state index is 10.8. The number of fused-ring (bicyclic) bond motifs is 9. The Morgan fingerprint density at radius 3 is 2.50 bits per heavy atom. The third-order valence-electron chi connectivity index (χ3n) is 7.56. The Kier molecular flexibility index (Phi) is 4.68. The molecule has 34 heavy (non-hydrogen) atoms. The Morgan fingerprint density at radius 2 is 1.71 bits per heavy atom. The van der Waals surface area contributed by atoms with Crippen molar-refractivity contribution in [3.63, 3.8) is 0 Å². The SMILES string of the molecule is [B]c1cc2ccc3c(c2c2sc4ccc5cccc(OC(C)(C)C(C)(C)O)c5c4c12)CCC=C3. The number of aliphatic hydroxyl groups is 1. The number of thiophene rings is 1. The lowest BCUT2D eigenvalue weighted by Crippen LogP contribution is -2.49. The lowest BCUT2D eigenvalue weighted by Gasteiger charge is -2.37. The van der Waals surface area contributed by atoms with Crippen LogP contribution in [0.25, 0.3) is 47.8 Å². The summed E-state index contributed by atoms with van der Waals surface area (Å²) >= 11 is 1.82. The standard InChI is InChI=1S/C30H27BO2S/c1-29(2,32)30(3,4)33-22-11-7-9-18-14-15-23-27(25(18)22)26-21(31)16-19-13-12-17-8-5-6-10-20(17)24(19)28(26)34-23/h5,7-9,11-16,32H,6,10H2,1-4H3. The zero-order valence-electron chi connectivity index (χ0n) is 20.0. The first kappa shape index (κ1) is 21.7. The maximum atomic E-state index is 10.8. The molecule has 5 aromatic rings. The minimum atomic E-state index is -1.01. The van der Waals surface area contributed by atoms with Gasteiger partial charge in [-0.05, 0) is 80.0 Å². The Morgan fingerprint density at radius 1 is 0.912 bits per heavy atom. The highest BCUT2D eigenvalue weighted by atomic mass is 32.1. The number of hydrogen-bond acceptors (Lipinski definition) is 3. The molecule has 0 fully saturated rings. The molecule has 0 amide bonds. The monoisotopic (exact) mass is 462 g/mol. The average Bonchev–Trinajstić information content (AvgIpc) is 3.18. The van der Waals surface area contributed by atoms with Crippen molar-refractivity contribution >= 4 is 72.4 Å². The summed E-state index contributed by atoms with van der Waals surface area (Å²) in [5.74, 6) is 0.771. The van der Waals surface area contributed by atoms with Crippen LogP contribution in [-0.4, -0.2) is 24.2 Å². The second kappa shape index (κ2) is 7.34. The Labute approximate surface area is 205 Å². The zero-order chi connectivity index (χ0) is 23.8. The van der Waals surface area contributed by atoms with Gasteiger partial charge in [0.2, 0.25) is 0 Å². The molecule has 1 aliphatic rings. The van der Waals surface area contributed by atoms with Gasteiger partial charge in [0.15, 0.2) is 0 Å². The molecule has 0 unspecified atom stereocenters. The summed E-state index contributed by atoms with van der Waals surface area (Å²) in [7, 11) is 6.76. The Hall–Kier alpha value is -2.82. The van der Waals surface area contributed by atoms with E-state index >= 15 is 0 Å². The molecule has 4 aromatic carbocycles. The van der Waals surface area contributed by atoms with Crippen LogP contribution < -0.4 is 10.2 Å². The first-order valence-electron chi connectivity index (χ1n) is 11.9. The van der Waals surface area contributed by atoms with Gasteiger partial charge in [-0.3, -0.25) is 0 Å². The predicted octanol–water partition coefficient (Wildman–Crippen LogP) is 7.04. The molecule has 0 saturated heterocycles. The molecule has 2 nitrogen and oxygen atoms in total. The number of benzene rings is 4. The highest BCUT2D eigenvalue weighted by Crippen LogP contribution is 2.46. The highest BCUT2D eigenvalue weighted by molar-refractivity contribution is 7.27. The summed E-state index contributed by atoms with van der Waals surface area (Å²) in [5, 5.41) is 17.7. The van der Waals surface area contributed by atoms with E-state index < -0.39 is 11.2 Å². The van der Waals surface area contributed by atoms with Gasteiger partial charge in [0, 0.05) is 25.6 Å². The van der Waals surface area contributed by atoms with Crippen LogP contribution in [0.2, 0.25) is 0 Å². The highest BCUT2D eigenvalue weighted by Gasteiger charge is 2.37. The number of aryl methyl sites for hydroxylation is 1. The fraction of sp³-hybridized carbons (Fsp3) is 0.267. The van der Waals surface area contributed by atoms with Crippen LogP contribution in [0.3, 0.4) is 0 Å². The summed E-state index contributed by atoms with van der Waals surface area (Å²) in [6.45, 7) is 7.43. The van der Waals surface area contributed by atoms with E-state index in [1.807, 2.05) is 37.3 Å². The largest absolute Gasteiger partial charge is 0.484 e. The molecule has 168 valence electrons. The molecule has 1 aliphatic carbocycles. The number of allylic oxidation sites excluding steroid dienone is 1. The minimum Gasteiger partial charge on any atom is -0.484 e. The van der Waals surface area contributed by atoms with Crippen molar-refractivity contribution in [2.45, 2.75) is 51.7 Å². The van der Waals surface area contributed by atoms with Crippen LogP contribution >= 0.6 is 11.3 Å². The van der Waals surface area contributed by atoms with Gasteiger partial charge in [0.25, 0.3) is 0 Å². The summed E-state index contributed by atoms with van der Waals surface area (Å²) in [6, 6.07) is 17.0. The van der Waals surface area contributed by atoms with Crippen molar-refractivity contribution in [1.29, 1.82) is 0 Å². The molecule has 1 N–H and O–H groups in total. The van der Waals surface area contributed by atoms with E-state index in [1.165, 1.54) is 31.3 Å². The van der Waals surface area contributed by atoms with Crippen molar-refractivity contribution in [3.8, 4) is 5.75 Å². The van der Waals surface area contributed by atoms with E-state index in [-0.39, 0.29) is 0 Å². The Bertz CT molecular complexity index is 1650. The minimum absolute atomic E-state index is 0.771. The van der Waals surface area contributed by atoms with E-state index in [1.54, 1.807) is 13.8 Å². The number of hydrogen-bond donors (Lipinski definition) is 1. The second-order valence-corrected chi connectivity index (χ2v) is 11.5. The lowest BCUT2D eigenvalue weighted by molar-refractivity contribution is -0.0899. The molecule has 1 aromatic heterocycles. The topological polar surface area (TPSA) is 29.5 Å². The van der Waals surface area contributed by atoms with Crippen LogP contribution in [0.1, 0.15) is 45.2 Å². The van der Waals surface area contributed by atoms with Crippen LogP contribution in [-0.2, 0) is 6.42 Å². The van der Waals surface area contributed by atoms with Crippen molar-refractivity contribution in [3.05, 3.63) is 65.7 Å². The smallest absolute Gasteiger partial charge is 0.131 e. The average molecular weight is 462 g/mol. The summed E-state index contributed by atoms with van der Waals surface area (Å²) in [6.07, 6.45) is 6.62. The van der Waals surface area contributed by atoms with Crippen molar-refractivity contribution in [2.75, 3.05) is 0 Å². The van der Waals surface area contributed by atoms with Gasteiger partial charge in [0.1, 0.15) is 19.2 Å². The molecule has 0 atom stereocenters. The molecule has 0 bridgehead atoms. The molecular formula is C30H27BO2S. The normalized spacial score (nSPS) is 14.4. The molecule has 2 radical (unpaired) electrons. The van der Waals surface area contributed by atoms with E-state index in [0.717, 1.165) is 45.6 Å². The third kappa shape index (κ3) is 3.12. The lowest BCUT2D eigenvalue weighted by atomic mass is 9.84. The van der Waals surface area contributed by atoms with Gasteiger partial charge < -0.3 is 9.84 Å². The van der Waals surface area contributed by atoms with Crippen molar-refractivity contribution in [2.24, 2.45) is 0 Å². The van der Waals surface area contributed by atoms with E-state index in [9.17, 15) is 5.11 Å². The predicted molar refractivity (Wildman–Crippen MR) is 148 cm³/mol. The molecular weight excluding hydrogens is 435 g/mol. The molecule has 4 heteroatoms. The van der Waals surface area contributed by atoms with Crippen LogP contribution in [0.15, 0.2) is 54.6 Å². The molecule has 6 rings (SSSR count). The second-order valence-electron chi connectivity index (χ2n) is 10.4. The van der Waals surface area contributed by atoms with E-state index in [4.69, 9.17) is 12.6 Å². The first-order valence-corrected chi connectivity index (χ1v) is 12.7. The van der Waals surface area contributed by atoms with Crippen LogP contribution in [0, 0.1) is 0 Å². The molecule has 0 spiro atoms. The zero-order valence-corrected chi connectivity index (χ0v) is 20.8. The van der Waals surface area contributed by atoms with E-state index in [0.29, 0.717) is 0 Å². The van der Waals surface area contributed by atoms with Gasteiger partial charge in [-0.1, -0.05) is 54.0 Å². The Balaban J connectivity index is 1.75. The summed E-state index contributed by atoms with van der Waals surface area (Å²) < 4.78 is 8.98. The van der Waals surface area contributed by atoms with Gasteiger partial charge in [0.05, 0.1) is 5.60 Å². The summed E-state index contributed by atoms with van der Waals surface area (Å²) in [4.78, 5) is 0. The van der Waals surface area contributed by atoms with Gasteiger partial charge >= 0.3 is 0 Å². The summed E-state index contributed by atoms with van der Waals surface area (Å²) in [5.41, 5.74) is 1.73. The van der Waals surface area contributed by atoms with Crippen LogP contribution in [0.5, 0.6) is 5.75 Å².